The van der Waals surface area contributed by atoms with Crippen molar-refractivity contribution in [1.82, 2.24) is 18.7 Å². The molecule has 0 fully saturated rings. The summed E-state index contributed by atoms with van der Waals surface area (Å²) in [5.41, 5.74) is 6.54. The number of aliphatic hydroxyl groups excluding tert-OH is 1. The van der Waals surface area contributed by atoms with Crippen molar-refractivity contribution >= 4 is 34.5 Å². The van der Waals surface area contributed by atoms with Gasteiger partial charge in [0.1, 0.15) is 0 Å². The molecule has 0 saturated carbocycles. The Kier molecular flexibility index (Phi) is 7.29. The average Bonchev–Trinajstić information content (AvgIpc) is 3.10. The molecule has 0 spiro atoms. The average molecular weight is 449 g/mol. The Labute approximate surface area is 183 Å². The molecule has 0 amide bonds. The van der Waals surface area contributed by atoms with E-state index in [1.54, 1.807) is 24.9 Å². The molecule has 3 rings (SSSR count). The van der Waals surface area contributed by atoms with Gasteiger partial charge in [-0.1, -0.05) is 42.9 Å². The van der Waals surface area contributed by atoms with Crippen molar-refractivity contribution in [2.45, 2.75) is 57.5 Å². The first kappa shape index (κ1) is 22.5. The molecule has 1 aliphatic rings. The van der Waals surface area contributed by atoms with Gasteiger partial charge in [-0.05, 0) is 37.1 Å². The van der Waals surface area contributed by atoms with Crippen molar-refractivity contribution in [3.63, 3.8) is 0 Å². The lowest BCUT2D eigenvalue weighted by molar-refractivity contribution is 0.153. The summed E-state index contributed by atoms with van der Waals surface area (Å²) in [6.45, 7) is 4.45. The standard InChI is InChI=1S/C21H25ClN4O3S/c1-4-12-30-20-23-18-17(26(20)13-14-6-8-15(22)9-7-14)19(28)25(21(29)24(18)3)11-10-16(27)5-2/h6,8,16,27H,4-5,10-13H2,1-3H3. The van der Waals surface area contributed by atoms with Crippen molar-refractivity contribution in [2.75, 3.05) is 5.75 Å². The SMILES string of the molecule is CCCSc1nc2c(c(=O)n(CCC(O)CC)c(=O)n2C)n1CC1=C=C=C(Cl)C=C1. The maximum atomic E-state index is 13.3. The van der Waals surface area contributed by atoms with Crippen LogP contribution in [0.3, 0.4) is 0 Å². The molecule has 30 heavy (non-hydrogen) atoms. The fourth-order valence-electron chi connectivity index (χ4n) is 3.14. The largest absolute Gasteiger partial charge is 0.393 e. The number of aromatic nitrogens is 4. The van der Waals surface area contributed by atoms with Gasteiger partial charge >= 0.3 is 5.69 Å². The van der Waals surface area contributed by atoms with Crippen LogP contribution in [0.2, 0.25) is 0 Å². The molecular formula is C21H25ClN4O3S. The van der Waals surface area contributed by atoms with Crippen LogP contribution in [0.1, 0.15) is 33.1 Å². The fourth-order valence-corrected chi connectivity index (χ4v) is 4.10. The molecule has 2 heterocycles. The summed E-state index contributed by atoms with van der Waals surface area (Å²) >= 11 is 7.47. The van der Waals surface area contributed by atoms with Gasteiger partial charge in [0.25, 0.3) is 5.56 Å². The quantitative estimate of drug-likeness (QED) is 0.471. The number of thioether (sulfide) groups is 1. The highest BCUT2D eigenvalue weighted by Crippen LogP contribution is 2.24. The van der Waals surface area contributed by atoms with E-state index in [1.165, 1.54) is 9.13 Å². The van der Waals surface area contributed by atoms with Crippen molar-refractivity contribution < 1.29 is 5.11 Å². The van der Waals surface area contributed by atoms with Gasteiger partial charge in [-0.15, -0.1) is 0 Å². The van der Waals surface area contributed by atoms with E-state index in [0.717, 1.165) is 17.7 Å². The number of halogens is 1. The van der Waals surface area contributed by atoms with Gasteiger partial charge in [0.15, 0.2) is 16.3 Å². The first-order chi connectivity index (χ1) is 14.4. The molecule has 0 aliphatic heterocycles. The van der Waals surface area contributed by atoms with Crippen molar-refractivity contribution in [1.29, 1.82) is 0 Å². The fraction of sp³-hybridized carbons (Fsp3) is 0.476. The second-order valence-electron chi connectivity index (χ2n) is 7.11. The number of rotatable bonds is 9. The van der Waals surface area contributed by atoms with E-state index in [0.29, 0.717) is 40.7 Å². The van der Waals surface area contributed by atoms with E-state index in [9.17, 15) is 14.7 Å². The van der Waals surface area contributed by atoms with E-state index < -0.39 is 17.4 Å². The zero-order valence-electron chi connectivity index (χ0n) is 17.3. The van der Waals surface area contributed by atoms with Crippen LogP contribution in [0.5, 0.6) is 0 Å². The number of hydrogen-bond donors (Lipinski definition) is 1. The van der Waals surface area contributed by atoms with Crippen LogP contribution in [-0.4, -0.2) is 35.6 Å². The second kappa shape index (κ2) is 9.73. The highest BCUT2D eigenvalue weighted by Gasteiger charge is 2.21. The summed E-state index contributed by atoms with van der Waals surface area (Å²) < 4.78 is 4.42. The Bertz CT molecular complexity index is 1210. The Hall–Kier alpha value is -2.21. The van der Waals surface area contributed by atoms with Crippen LogP contribution in [0, 0.1) is 0 Å². The lowest BCUT2D eigenvalue weighted by Gasteiger charge is -2.12. The maximum Gasteiger partial charge on any atom is 0.332 e. The van der Waals surface area contributed by atoms with Crippen LogP contribution >= 0.6 is 23.4 Å². The highest BCUT2D eigenvalue weighted by molar-refractivity contribution is 7.99. The van der Waals surface area contributed by atoms with E-state index in [2.05, 4.69) is 23.4 Å². The van der Waals surface area contributed by atoms with Crippen LogP contribution in [-0.2, 0) is 20.1 Å². The molecule has 7 nitrogen and oxygen atoms in total. The van der Waals surface area contributed by atoms with Gasteiger partial charge in [0.05, 0.1) is 17.7 Å². The number of aliphatic hydroxyl groups is 1. The molecular weight excluding hydrogens is 424 g/mol. The Morgan fingerprint density at radius 2 is 2.00 bits per heavy atom. The van der Waals surface area contributed by atoms with Crippen LogP contribution in [0.15, 0.2) is 49.0 Å². The first-order valence-corrected chi connectivity index (χ1v) is 11.3. The molecule has 0 aromatic carbocycles. The van der Waals surface area contributed by atoms with Crippen molar-refractivity contribution in [3.05, 3.63) is 55.1 Å². The number of hydrogen-bond acceptors (Lipinski definition) is 5. The van der Waals surface area contributed by atoms with Crippen molar-refractivity contribution in [2.24, 2.45) is 7.05 Å². The Morgan fingerprint density at radius 1 is 1.23 bits per heavy atom. The summed E-state index contributed by atoms with van der Waals surface area (Å²) in [6.07, 6.45) is 4.85. The smallest absolute Gasteiger partial charge is 0.332 e. The third-order valence-corrected chi connectivity index (χ3v) is 6.29. The topological polar surface area (TPSA) is 82.1 Å². The monoisotopic (exact) mass is 448 g/mol. The number of allylic oxidation sites excluding steroid dienone is 4. The molecule has 160 valence electrons. The zero-order chi connectivity index (χ0) is 21.8. The predicted octanol–water partition coefficient (Wildman–Crippen LogP) is 2.93. The zero-order valence-corrected chi connectivity index (χ0v) is 18.9. The minimum Gasteiger partial charge on any atom is -0.393 e. The van der Waals surface area contributed by atoms with Crippen LogP contribution in [0.25, 0.3) is 11.2 Å². The molecule has 1 N–H and O–H groups in total. The number of imidazole rings is 1. The molecule has 2 aromatic rings. The second-order valence-corrected chi connectivity index (χ2v) is 8.58. The third kappa shape index (κ3) is 4.59. The lowest BCUT2D eigenvalue weighted by atomic mass is 10.2. The Balaban J connectivity index is 2.20. The van der Waals surface area contributed by atoms with E-state index >= 15 is 0 Å². The van der Waals surface area contributed by atoms with Gasteiger partial charge in [0.2, 0.25) is 0 Å². The minimum absolute atomic E-state index is 0.153. The predicted molar refractivity (Wildman–Crippen MR) is 120 cm³/mol. The molecule has 0 radical (unpaired) electrons. The summed E-state index contributed by atoms with van der Waals surface area (Å²) in [5.74, 6) is 0.838. The number of aryl methyl sites for hydroxylation is 1. The van der Waals surface area contributed by atoms with E-state index in [4.69, 9.17) is 11.6 Å². The summed E-state index contributed by atoms with van der Waals surface area (Å²) in [4.78, 5) is 30.7. The summed E-state index contributed by atoms with van der Waals surface area (Å²) in [5, 5.41) is 11.0. The minimum atomic E-state index is -0.558. The number of nitrogens with zero attached hydrogens (tertiary/aromatic N) is 4. The van der Waals surface area contributed by atoms with E-state index in [1.807, 2.05) is 17.6 Å². The normalized spacial score (nSPS) is 14.3. The van der Waals surface area contributed by atoms with Gasteiger partial charge in [0, 0.05) is 24.9 Å². The van der Waals surface area contributed by atoms with Crippen molar-refractivity contribution in [3.8, 4) is 0 Å². The molecule has 0 bridgehead atoms. The first-order valence-electron chi connectivity index (χ1n) is 9.96. The van der Waals surface area contributed by atoms with E-state index in [-0.39, 0.29) is 6.54 Å². The molecule has 0 saturated heterocycles. The van der Waals surface area contributed by atoms with Gasteiger partial charge in [-0.25, -0.2) is 9.78 Å². The maximum absolute atomic E-state index is 13.3. The van der Waals surface area contributed by atoms with Gasteiger partial charge in [-0.3, -0.25) is 13.9 Å². The molecule has 2 aromatic heterocycles. The number of fused-ring (bicyclic) bond motifs is 1. The van der Waals surface area contributed by atoms with Gasteiger partial charge < -0.3 is 9.67 Å². The van der Waals surface area contributed by atoms with Crippen LogP contribution < -0.4 is 11.2 Å². The van der Waals surface area contributed by atoms with Crippen LogP contribution in [0.4, 0.5) is 0 Å². The molecule has 9 heteroatoms. The molecule has 1 unspecified atom stereocenters. The summed E-state index contributed by atoms with van der Waals surface area (Å²) in [7, 11) is 1.62. The van der Waals surface area contributed by atoms with Gasteiger partial charge in [-0.2, -0.15) is 0 Å². The highest BCUT2D eigenvalue weighted by atomic mass is 35.5. The molecule has 1 atom stereocenters. The Morgan fingerprint density at radius 3 is 2.63 bits per heavy atom. The molecule has 1 aliphatic carbocycles. The lowest BCUT2D eigenvalue weighted by Crippen LogP contribution is -2.40. The summed E-state index contributed by atoms with van der Waals surface area (Å²) in [6, 6.07) is 0. The third-order valence-electron chi connectivity index (χ3n) is 4.89.